The van der Waals surface area contributed by atoms with Crippen LogP contribution in [0.4, 0.5) is 0 Å². The normalized spacial score (nSPS) is 10.2. The van der Waals surface area contributed by atoms with Crippen molar-refractivity contribution in [3.05, 3.63) is 50.6 Å². The molecule has 0 bridgehead atoms. The first-order valence-electron chi connectivity index (χ1n) is 6.99. The minimum Gasteiger partial charge on any atom is -0.462 e. The summed E-state index contributed by atoms with van der Waals surface area (Å²) in [4.78, 5) is 34.0. The molecule has 0 fully saturated rings. The lowest BCUT2D eigenvalue weighted by atomic mass is 9.92. The summed E-state index contributed by atoms with van der Waals surface area (Å²) in [6.45, 7) is 12.9. The zero-order valence-corrected chi connectivity index (χ0v) is 13.5. The first-order valence-corrected chi connectivity index (χ1v) is 6.99. The summed E-state index contributed by atoms with van der Waals surface area (Å²) in [6.07, 6.45) is 4.48. The Balaban J connectivity index is 5.19. The van der Waals surface area contributed by atoms with Crippen LogP contribution in [0.1, 0.15) is 0 Å². The second-order valence-electron chi connectivity index (χ2n) is 4.74. The fourth-order valence-electron chi connectivity index (χ4n) is 1.46. The van der Waals surface area contributed by atoms with Crippen molar-refractivity contribution < 1.29 is 33.3 Å². The van der Waals surface area contributed by atoms with Gasteiger partial charge in [0.15, 0.2) is 0 Å². The molecule has 132 valence electrons. The Hall–Kier alpha value is -2.67. The molecule has 0 aliphatic rings. The molecule has 0 radical (unpaired) electrons. The average molecular weight is 338 g/mol. The fourth-order valence-corrected chi connectivity index (χ4v) is 1.46. The molecule has 7 nitrogen and oxygen atoms in total. The lowest BCUT2D eigenvalue weighted by Crippen LogP contribution is -2.43. The summed E-state index contributed by atoms with van der Waals surface area (Å²) >= 11 is 0. The van der Waals surface area contributed by atoms with Gasteiger partial charge in [-0.2, -0.15) is 0 Å². The van der Waals surface area contributed by atoms with Crippen molar-refractivity contribution in [2.24, 2.45) is 5.41 Å². The Bertz CT molecular complexity index is 433. The number of esters is 3. The number of ether oxygens (including phenoxy) is 4. The van der Waals surface area contributed by atoms with E-state index in [1.165, 1.54) is 6.08 Å². The third-order valence-corrected chi connectivity index (χ3v) is 2.71. The van der Waals surface area contributed by atoms with E-state index in [0.717, 1.165) is 18.2 Å². The largest absolute Gasteiger partial charge is 0.462 e. The summed E-state index contributed by atoms with van der Waals surface area (Å²) in [5, 5.41) is 0. The Morgan fingerprint density at radius 1 is 0.708 bits per heavy atom. The second kappa shape index (κ2) is 11.8. The van der Waals surface area contributed by atoms with Gasteiger partial charge in [0.1, 0.15) is 19.8 Å². The van der Waals surface area contributed by atoms with Gasteiger partial charge >= 0.3 is 17.9 Å². The highest BCUT2D eigenvalue weighted by Crippen LogP contribution is 2.21. The summed E-state index contributed by atoms with van der Waals surface area (Å²) in [5.74, 6) is -2.02. The van der Waals surface area contributed by atoms with Gasteiger partial charge in [0.25, 0.3) is 0 Å². The molecule has 0 unspecified atom stereocenters. The van der Waals surface area contributed by atoms with Crippen LogP contribution in [0.25, 0.3) is 0 Å². The van der Waals surface area contributed by atoms with Gasteiger partial charge in [-0.1, -0.05) is 25.8 Å². The van der Waals surface area contributed by atoms with Gasteiger partial charge in [0.05, 0.1) is 18.6 Å². The first-order chi connectivity index (χ1) is 11.4. The predicted molar refractivity (Wildman–Crippen MR) is 86.9 cm³/mol. The van der Waals surface area contributed by atoms with Crippen molar-refractivity contribution in [3.63, 3.8) is 0 Å². The van der Waals surface area contributed by atoms with E-state index in [0.29, 0.717) is 0 Å². The van der Waals surface area contributed by atoms with Crippen LogP contribution in [-0.4, -0.2) is 50.9 Å². The number of rotatable bonds is 13. The van der Waals surface area contributed by atoms with Crippen LogP contribution < -0.4 is 0 Å². The summed E-state index contributed by atoms with van der Waals surface area (Å²) in [5.41, 5.74) is -1.10. The highest BCUT2D eigenvalue weighted by Gasteiger charge is 2.36. The molecule has 0 rings (SSSR count). The van der Waals surface area contributed by atoms with Gasteiger partial charge in [-0.15, -0.1) is 6.58 Å². The van der Waals surface area contributed by atoms with Crippen LogP contribution in [0, 0.1) is 5.41 Å². The topological polar surface area (TPSA) is 88.1 Å². The molecule has 0 saturated heterocycles. The molecule has 0 atom stereocenters. The van der Waals surface area contributed by atoms with Crippen LogP contribution in [0.2, 0.25) is 0 Å². The molecule has 0 aliphatic carbocycles. The number of carbonyl (C=O) groups excluding carboxylic acids is 3. The van der Waals surface area contributed by atoms with E-state index in [1.54, 1.807) is 0 Å². The fraction of sp³-hybridized carbons (Fsp3) is 0.353. The second-order valence-corrected chi connectivity index (χ2v) is 4.74. The highest BCUT2D eigenvalue weighted by molar-refractivity contribution is 5.82. The van der Waals surface area contributed by atoms with Crippen LogP contribution in [0.5, 0.6) is 0 Å². The van der Waals surface area contributed by atoms with Gasteiger partial charge in [-0.25, -0.2) is 14.4 Å². The Labute approximate surface area is 141 Å². The lowest BCUT2D eigenvalue weighted by Gasteiger charge is -2.31. The molecule has 0 aliphatic heterocycles. The van der Waals surface area contributed by atoms with E-state index >= 15 is 0 Å². The van der Waals surface area contributed by atoms with Crippen molar-refractivity contribution in [1.29, 1.82) is 0 Å². The highest BCUT2D eigenvalue weighted by atomic mass is 16.6. The van der Waals surface area contributed by atoms with Crippen molar-refractivity contribution in [2.75, 3.05) is 33.0 Å². The van der Waals surface area contributed by atoms with E-state index < -0.39 is 23.3 Å². The minimum atomic E-state index is -1.10. The molecular weight excluding hydrogens is 316 g/mol. The van der Waals surface area contributed by atoms with Gasteiger partial charge in [-0.05, 0) is 0 Å². The maximum absolute atomic E-state index is 11.3. The van der Waals surface area contributed by atoms with Gasteiger partial charge < -0.3 is 18.9 Å². The summed E-state index contributed by atoms with van der Waals surface area (Å²) < 4.78 is 20.4. The Kier molecular flexibility index (Phi) is 10.5. The van der Waals surface area contributed by atoms with Crippen LogP contribution in [0.15, 0.2) is 50.6 Å². The molecular formula is C17H22O7. The van der Waals surface area contributed by atoms with Gasteiger partial charge in [0.2, 0.25) is 0 Å². The zero-order valence-electron chi connectivity index (χ0n) is 13.5. The van der Waals surface area contributed by atoms with Gasteiger partial charge in [0, 0.05) is 18.2 Å². The van der Waals surface area contributed by atoms with Crippen molar-refractivity contribution in [3.8, 4) is 0 Å². The van der Waals surface area contributed by atoms with Crippen molar-refractivity contribution in [1.82, 2.24) is 0 Å². The molecule has 24 heavy (non-hydrogen) atoms. The quantitative estimate of drug-likeness (QED) is 0.165. The maximum Gasteiger partial charge on any atom is 0.330 e. The zero-order chi connectivity index (χ0) is 18.4. The third kappa shape index (κ3) is 8.70. The van der Waals surface area contributed by atoms with E-state index in [9.17, 15) is 14.4 Å². The molecule has 0 aromatic rings. The number of hydrogen-bond acceptors (Lipinski definition) is 7. The Morgan fingerprint density at radius 3 is 1.38 bits per heavy atom. The molecule has 0 spiro atoms. The molecule has 0 aromatic carbocycles. The molecule has 0 heterocycles. The standard InChI is InChI=1S/C17H22O7/c1-5-9-21-10-17(11-22-14(18)6-2,12-23-15(19)7-3)13-24-16(20)8-4/h5-8H,1-4,9-13H2. The molecule has 7 heteroatoms. The summed E-state index contributed by atoms with van der Waals surface area (Å²) in [7, 11) is 0. The summed E-state index contributed by atoms with van der Waals surface area (Å²) in [6, 6.07) is 0. The SMILES string of the molecule is C=CCOCC(COC(=O)C=C)(COC(=O)C=C)COC(=O)C=C. The van der Waals surface area contributed by atoms with Gasteiger partial charge in [-0.3, -0.25) is 0 Å². The third-order valence-electron chi connectivity index (χ3n) is 2.71. The van der Waals surface area contributed by atoms with E-state index in [-0.39, 0.29) is 33.0 Å². The monoisotopic (exact) mass is 338 g/mol. The van der Waals surface area contributed by atoms with Crippen molar-refractivity contribution >= 4 is 17.9 Å². The lowest BCUT2D eigenvalue weighted by molar-refractivity contribution is -0.160. The molecule has 0 aromatic heterocycles. The molecule has 0 saturated carbocycles. The first kappa shape index (κ1) is 21.3. The Morgan fingerprint density at radius 2 is 1.08 bits per heavy atom. The predicted octanol–water partition coefficient (Wildman–Crippen LogP) is 1.36. The number of hydrogen-bond donors (Lipinski definition) is 0. The molecule has 0 amide bonds. The maximum atomic E-state index is 11.3. The van der Waals surface area contributed by atoms with Crippen LogP contribution >= 0.6 is 0 Å². The van der Waals surface area contributed by atoms with Crippen LogP contribution in [-0.2, 0) is 33.3 Å². The van der Waals surface area contributed by atoms with E-state index in [4.69, 9.17) is 18.9 Å². The number of carbonyl (C=O) groups is 3. The minimum absolute atomic E-state index is 0.0156. The average Bonchev–Trinajstić information content (AvgIpc) is 2.61. The molecule has 0 N–H and O–H groups in total. The van der Waals surface area contributed by atoms with E-state index in [2.05, 4.69) is 26.3 Å². The smallest absolute Gasteiger partial charge is 0.330 e. The van der Waals surface area contributed by atoms with Crippen LogP contribution in [0.3, 0.4) is 0 Å². The van der Waals surface area contributed by atoms with Crippen molar-refractivity contribution in [2.45, 2.75) is 0 Å². The van der Waals surface area contributed by atoms with E-state index in [1.807, 2.05) is 0 Å².